The molecule has 2 heteroatoms. The smallest absolute Gasteiger partial charge is 0.136 e. The van der Waals surface area contributed by atoms with Crippen LogP contribution in [0.5, 0.6) is 0 Å². The van der Waals surface area contributed by atoms with Gasteiger partial charge < -0.3 is 5.73 Å². The molecule has 2 aliphatic rings. The first-order valence-corrected chi connectivity index (χ1v) is 8.27. The van der Waals surface area contributed by atoms with Crippen LogP contribution in [0.1, 0.15) is 71.6 Å². The minimum absolute atomic E-state index is 0.152. The van der Waals surface area contributed by atoms with Crippen LogP contribution in [-0.4, -0.2) is 12.3 Å². The number of nitrogens with two attached hydrogens (primary N) is 1. The van der Waals surface area contributed by atoms with Gasteiger partial charge in [0.05, 0.1) is 0 Å². The van der Waals surface area contributed by atoms with Crippen molar-refractivity contribution in [2.45, 2.75) is 71.6 Å². The lowest BCUT2D eigenvalue weighted by atomic mass is 9.67. The number of ketones is 1. The third-order valence-corrected chi connectivity index (χ3v) is 5.53. The van der Waals surface area contributed by atoms with Gasteiger partial charge in [-0.15, -0.1) is 0 Å². The van der Waals surface area contributed by atoms with E-state index in [9.17, 15) is 4.79 Å². The van der Waals surface area contributed by atoms with E-state index in [0.717, 1.165) is 31.1 Å². The molecule has 0 saturated heterocycles. The van der Waals surface area contributed by atoms with Gasteiger partial charge in [-0.05, 0) is 55.9 Å². The average Bonchev–Trinajstić information content (AvgIpc) is 2.38. The van der Waals surface area contributed by atoms with Gasteiger partial charge in [-0.1, -0.05) is 33.1 Å². The molecule has 2 aliphatic carbocycles. The first kappa shape index (κ1) is 15.0. The van der Waals surface area contributed by atoms with Gasteiger partial charge in [-0.2, -0.15) is 0 Å². The average molecular weight is 265 g/mol. The van der Waals surface area contributed by atoms with Gasteiger partial charge in [0.2, 0.25) is 0 Å². The Labute approximate surface area is 118 Å². The molecule has 2 fully saturated rings. The summed E-state index contributed by atoms with van der Waals surface area (Å²) >= 11 is 0. The summed E-state index contributed by atoms with van der Waals surface area (Å²) in [5.74, 6) is 2.28. The Morgan fingerprint density at radius 1 is 1.05 bits per heavy atom. The molecule has 2 saturated carbocycles. The predicted octanol–water partition coefficient (Wildman–Crippen LogP) is 3.93. The van der Waals surface area contributed by atoms with Gasteiger partial charge in [0.15, 0.2) is 0 Å². The Morgan fingerprint density at radius 3 is 2.16 bits per heavy atom. The molecule has 2 rings (SSSR count). The Balaban J connectivity index is 1.95. The summed E-state index contributed by atoms with van der Waals surface area (Å²) < 4.78 is 0. The summed E-state index contributed by atoms with van der Waals surface area (Å²) in [5, 5.41) is 0. The lowest BCUT2D eigenvalue weighted by Gasteiger charge is -2.38. The van der Waals surface area contributed by atoms with Crippen molar-refractivity contribution in [1.29, 1.82) is 0 Å². The molecule has 0 aromatic carbocycles. The van der Waals surface area contributed by atoms with Crippen molar-refractivity contribution in [3.05, 3.63) is 0 Å². The highest BCUT2D eigenvalue weighted by atomic mass is 16.1. The van der Waals surface area contributed by atoms with Crippen molar-refractivity contribution in [2.75, 3.05) is 6.54 Å². The second kappa shape index (κ2) is 6.39. The predicted molar refractivity (Wildman–Crippen MR) is 79.9 cm³/mol. The number of carbonyl (C=O) groups excluding carboxylic acids is 1. The van der Waals surface area contributed by atoms with Crippen LogP contribution in [-0.2, 0) is 4.79 Å². The van der Waals surface area contributed by atoms with Crippen LogP contribution in [0.15, 0.2) is 0 Å². The standard InChI is InChI=1S/C17H31NO/c1-13-8-14(2)10-15(9-13)16(19)11-17(12-18)6-4-3-5-7-17/h13-15H,3-12,18H2,1-2H3. The first-order chi connectivity index (χ1) is 9.04. The molecule has 0 radical (unpaired) electrons. The largest absolute Gasteiger partial charge is 0.330 e. The maximum absolute atomic E-state index is 12.7. The normalized spacial score (nSPS) is 35.0. The van der Waals surface area contributed by atoms with Crippen molar-refractivity contribution < 1.29 is 4.79 Å². The van der Waals surface area contributed by atoms with Gasteiger partial charge in [0, 0.05) is 12.3 Å². The second-order valence-corrected chi connectivity index (χ2v) is 7.52. The van der Waals surface area contributed by atoms with Crippen LogP contribution in [0.4, 0.5) is 0 Å². The van der Waals surface area contributed by atoms with Crippen molar-refractivity contribution in [3.8, 4) is 0 Å². The summed E-state index contributed by atoms with van der Waals surface area (Å²) in [6.07, 6.45) is 10.5. The summed E-state index contributed by atoms with van der Waals surface area (Å²) in [6, 6.07) is 0. The molecule has 0 spiro atoms. The molecule has 0 amide bonds. The van der Waals surface area contributed by atoms with E-state index in [-0.39, 0.29) is 5.41 Å². The van der Waals surface area contributed by atoms with Crippen LogP contribution in [0.2, 0.25) is 0 Å². The lowest BCUT2D eigenvalue weighted by Crippen LogP contribution is -2.37. The fraction of sp³-hybridized carbons (Fsp3) is 0.941. The number of rotatable bonds is 4. The van der Waals surface area contributed by atoms with Crippen LogP contribution in [0.25, 0.3) is 0 Å². The summed E-state index contributed by atoms with van der Waals surface area (Å²) in [6.45, 7) is 5.31. The molecule has 0 aromatic rings. The zero-order valence-corrected chi connectivity index (χ0v) is 12.8. The van der Waals surface area contributed by atoms with Crippen molar-refractivity contribution in [3.63, 3.8) is 0 Å². The van der Waals surface area contributed by atoms with E-state index >= 15 is 0 Å². The quantitative estimate of drug-likeness (QED) is 0.837. The van der Waals surface area contributed by atoms with Gasteiger partial charge in [0.1, 0.15) is 5.78 Å². The Bertz CT molecular complexity index is 296. The third kappa shape index (κ3) is 3.81. The summed E-state index contributed by atoms with van der Waals surface area (Å²) in [5.41, 5.74) is 6.17. The van der Waals surface area contributed by atoms with Crippen LogP contribution in [0, 0.1) is 23.2 Å². The maximum atomic E-state index is 12.7. The molecule has 19 heavy (non-hydrogen) atoms. The highest BCUT2D eigenvalue weighted by Crippen LogP contribution is 2.41. The Morgan fingerprint density at radius 2 is 1.63 bits per heavy atom. The molecule has 0 aliphatic heterocycles. The van der Waals surface area contributed by atoms with Crippen molar-refractivity contribution in [1.82, 2.24) is 0 Å². The minimum atomic E-state index is 0.152. The second-order valence-electron chi connectivity index (χ2n) is 7.52. The minimum Gasteiger partial charge on any atom is -0.330 e. The van der Waals surface area contributed by atoms with E-state index in [1.807, 2.05) is 0 Å². The van der Waals surface area contributed by atoms with Crippen molar-refractivity contribution >= 4 is 5.78 Å². The van der Waals surface area contributed by atoms with Crippen LogP contribution < -0.4 is 5.73 Å². The lowest BCUT2D eigenvalue weighted by molar-refractivity contribution is -0.127. The van der Waals surface area contributed by atoms with Crippen LogP contribution in [0.3, 0.4) is 0 Å². The van der Waals surface area contributed by atoms with Gasteiger partial charge in [-0.3, -0.25) is 4.79 Å². The Hall–Kier alpha value is -0.370. The molecule has 2 nitrogen and oxygen atoms in total. The molecule has 2 unspecified atom stereocenters. The SMILES string of the molecule is CC1CC(C)CC(C(=O)CC2(CN)CCCCC2)C1. The molecule has 2 atom stereocenters. The number of hydrogen-bond donors (Lipinski definition) is 1. The van der Waals surface area contributed by atoms with E-state index in [1.165, 1.54) is 38.5 Å². The maximum Gasteiger partial charge on any atom is 0.136 e. The van der Waals surface area contributed by atoms with Gasteiger partial charge >= 0.3 is 0 Å². The number of carbonyl (C=O) groups is 1. The van der Waals surface area contributed by atoms with E-state index in [4.69, 9.17) is 5.73 Å². The fourth-order valence-corrected chi connectivity index (χ4v) is 4.48. The van der Waals surface area contributed by atoms with Crippen molar-refractivity contribution in [2.24, 2.45) is 28.9 Å². The molecule has 0 heterocycles. The zero-order valence-electron chi connectivity index (χ0n) is 12.8. The summed E-state index contributed by atoms with van der Waals surface area (Å²) in [7, 11) is 0. The van der Waals surface area contributed by atoms with E-state index < -0.39 is 0 Å². The van der Waals surface area contributed by atoms with E-state index in [1.54, 1.807) is 0 Å². The number of Topliss-reactive ketones (excluding diaryl/α,β-unsaturated/α-hetero) is 1. The highest BCUT2D eigenvalue weighted by Gasteiger charge is 2.36. The van der Waals surface area contributed by atoms with Crippen LogP contribution >= 0.6 is 0 Å². The number of hydrogen-bond acceptors (Lipinski definition) is 2. The molecule has 2 N–H and O–H groups in total. The van der Waals surface area contributed by atoms with Gasteiger partial charge in [-0.25, -0.2) is 0 Å². The molecular formula is C17H31NO. The highest BCUT2D eigenvalue weighted by molar-refractivity contribution is 5.81. The fourth-order valence-electron chi connectivity index (χ4n) is 4.48. The topological polar surface area (TPSA) is 43.1 Å². The molecule has 0 aromatic heterocycles. The third-order valence-electron chi connectivity index (χ3n) is 5.53. The monoisotopic (exact) mass is 265 g/mol. The Kier molecular flexibility index (Phi) is 5.05. The first-order valence-electron chi connectivity index (χ1n) is 8.27. The van der Waals surface area contributed by atoms with E-state index in [0.29, 0.717) is 18.2 Å². The molecular weight excluding hydrogens is 234 g/mol. The molecule has 110 valence electrons. The summed E-state index contributed by atoms with van der Waals surface area (Å²) in [4.78, 5) is 12.7. The van der Waals surface area contributed by atoms with E-state index in [2.05, 4.69) is 13.8 Å². The van der Waals surface area contributed by atoms with Gasteiger partial charge in [0.25, 0.3) is 0 Å². The zero-order chi connectivity index (χ0) is 13.9. The molecule has 0 bridgehead atoms.